The number of imidazole rings is 1. The number of alkyl halides is 3. The molecule has 33 heavy (non-hydrogen) atoms. The standard InChI is InChI=1S/C21H22F3N5O3S/c1-28-12-19(26-14-28)33(30,31)29-10-16(15-6-3-2-4-7-15)17(11-29)27-20-18(8-5-9-25-20)32-21(23,24)13-22/h2-9,12,14,16-17H,10-11,13H2,1H3,(H,25,27)/t16-,17+/m1/s1. The molecule has 0 spiro atoms. The SMILES string of the molecule is Cn1cnc(S(=O)(=O)N2C[C@H](Nc3ncccc3OC(F)(F)CF)[C@@H](c3ccccc3)C2)c1. The number of hydrogen-bond acceptors (Lipinski definition) is 6. The Labute approximate surface area is 189 Å². The lowest BCUT2D eigenvalue weighted by Crippen LogP contribution is -2.33. The lowest BCUT2D eigenvalue weighted by atomic mass is 9.94. The van der Waals surface area contributed by atoms with Gasteiger partial charge in [0.1, 0.15) is 0 Å². The van der Waals surface area contributed by atoms with E-state index in [1.165, 1.54) is 39.7 Å². The molecule has 176 valence electrons. The smallest absolute Gasteiger partial charge is 0.427 e. The second kappa shape index (κ2) is 9.02. The molecule has 1 aromatic carbocycles. The molecule has 0 radical (unpaired) electrons. The first-order chi connectivity index (χ1) is 15.7. The third kappa shape index (κ3) is 4.96. The Bertz CT molecular complexity index is 1210. The molecule has 4 rings (SSSR count). The summed E-state index contributed by atoms with van der Waals surface area (Å²) in [5.41, 5.74) is 0.862. The maximum atomic E-state index is 13.5. The van der Waals surface area contributed by atoms with Gasteiger partial charge in [-0.25, -0.2) is 22.8 Å². The fourth-order valence-corrected chi connectivity index (χ4v) is 5.21. The maximum absolute atomic E-state index is 13.5. The molecule has 3 heterocycles. The Balaban J connectivity index is 1.65. The van der Waals surface area contributed by atoms with Gasteiger partial charge in [-0.3, -0.25) is 0 Å². The first-order valence-electron chi connectivity index (χ1n) is 10.1. The van der Waals surface area contributed by atoms with Crippen LogP contribution in [0.15, 0.2) is 66.2 Å². The Kier molecular flexibility index (Phi) is 6.30. The average molecular weight is 482 g/mol. The van der Waals surface area contributed by atoms with Gasteiger partial charge in [-0.15, -0.1) is 0 Å². The van der Waals surface area contributed by atoms with Crippen LogP contribution in [0.25, 0.3) is 0 Å². The molecule has 0 saturated carbocycles. The van der Waals surface area contributed by atoms with Crippen LogP contribution < -0.4 is 10.1 Å². The van der Waals surface area contributed by atoms with Crippen LogP contribution in [-0.4, -0.2) is 59.2 Å². The highest BCUT2D eigenvalue weighted by Gasteiger charge is 2.42. The Morgan fingerprint density at radius 2 is 1.91 bits per heavy atom. The molecule has 1 N–H and O–H groups in total. The van der Waals surface area contributed by atoms with Gasteiger partial charge in [0.25, 0.3) is 10.0 Å². The summed E-state index contributed by atoms with van der Waals surface area (Å²) in [6, 6.07) is 11.3. The van der Waals surface area contributed by atoms with Crippen LogP contribution >= 0.6 is 0 Å². The second-order valence-electron chi connectivity index (χ2n) is 7.69. The monoisotopic (exact) mass is 481 g/mol. The van der Waals surface area contributed by atoms with Crippen molar-refractivity contribution in [3.8, 4) is 5.75 Å². The third-order valence-corrected chi connectivity index (χ3v) is 7.02. The Hall–Kier alpha value is -3.12. The number of aryl methyl sites for hydroxylation is 1. The van der Waals surface area contributed by atoms with Crippen LogP contribution in [0.1, 0.15) is 11.5 Å². The van der Waals surface area contributed by atoms with E-state index in [0.29, 0.717) is 0 Å². The first kappa shape index (κ1) is 23.1. The highest BCUT2D eigenvalue weighted by atomic mass is 32.2. The van der Waals surface area contributed by atoms with E-state index in [2.05, 4.69) is 20.0 Å². The predicted octanol–water partition coefficient (Wildman–Crippen LogP) is 3.03. The van der Waals surface area contributed by atoms with E-state index in [0.717, 1.165) is 5.56 Å². The molecular weight excluding hydrogens is 459 g/mol. The normalized spacial score (nSPS) is 19.5. The van der Waals surface area contributed by atoms with Gasteiger partial charge >= 0.3 is 6.11 Å². The van der Waals surface area contributed by atoms with Crippen molar-refractivity contribution < 1.29 is 26.3 Å². The zero-order valence-electron chi connectivity index (χ0n) is 17.6. The average Bonchev–Trinajstić information content (AvgIpc) is 3.43. The largest absolute Gasteiger partial charge is 0.427 e. The van der Waals surface area contributed by atoms with Gasteiger partial charge in [0.2, 0.25) is 0 Å². The molecule has 0 unspecified atom stereocenters. The first-order valence-corrected chi connectivity index (χ1v) is 11.5. The fraction of sp³-hybridized carbons (Fsp3) is 0.333. The zero-order chi connectivity index (χ0) is 23.6. The minimum atomic E-state index is -4.01. The number of nitrogens with zero attached hydrogens (tertiary/aromatic N) is 4. The van der Waals surface area contributed by atoms with Gasteiger partial charge in [0.15, 0.2) is 23.3 Å². The summed E-state index contributed by atoms with van der Waals surface area (Å²) >= 11 is 0. The Morgan fingerprint density at radius 1 is 1.15 bits per heavy atom. The van der Waals surface area contributed by atoms with Crippen LogP contribution in [0.3, 0.4) is 0 Å². The minimum absolute atomic E-state index is 0.0337. The van der Waals surface area contributed by atoms with Crippen molar-refractivity contribution in [3.05, 3.63) is 66.7 Å². The molecular formula is C21H22F3N5O3S. The van der Waals surface area contributed by atoms with Crippen LogP contribution in [-0.2, 0) is 17.1 Å². The van der Waals surface area contributed by atoms with E-state index < -0.39 is 28.8 Å². The number of nitrogens with one attached hydrogen (secondary N) is 1. The number of aromatic nitrogens is 3. The quantitative estimate of drug-likeness (QED) is 0.532. The van der Waals surface area contributed by atoms with Crippen LogP contribution in [0.5, 0.6) is 5.75 Å². The van der Waals surface area contributed by atoms with E-state index in [1.807, 2.05) is 30.3 Å². The number of rotatable bonds is 8. The lowest BCUT2D eigenvalue weighted by Gasteiger charge is -2.23. The van der Waals surface area contributed by atoms with Crippen LogP contribution in [0.2, 0.25) is 0 Å². The summed E-state index contributed by atoms with van der Waals surface area (Å²) < 4.78 is 73.4. The topological polar surface area (TPSA) is 89.4 Å². The van der Waals surface area contributed by atoms with Crippen molar-refractivity contribution >= 4 is 15.8 Å². The van der Waals surface area contributed by atoms with Gasteiger partial charge in [0, 0.05) is 44.5 Å². The number of hydrogen-bond donors (Lipinski definition) is 1. The van der Waals surface area contributed by atoms with Crippen LogP contribution in [0.4, 0.5) is 19.0 Å². The Morgan fingerprint density at radius 3 is 2.58 bits per heavy atom. The molecule has 1 aliphatic rings. The third-order valence-electron chi connectivity index (χ3n) is 5.31. The minimum Gasteiger partial charge on any atom is -0.427 e. The maximum Gasteiger partial charge on any atom is 0.427 e. The predicted molar refractivity (Wildman–Crippen MR) is 114 cm³/mol. The van der Waals surface area contributed by atoms with E-state index in [4.69, 9.17) is 0 Å². The van der Waals surface area contributed by atoms with Gasteiger partial charge in [0.05, 0.1) is 6.33 Å². The molecule has 3 aromatic rings. The van der Waals surface area contributed by atoms with Crippen molar-refractivity contribution in [1.29, 1.82) is 0 Å². The molecule has 2 aromatic heterocycles. The van der Waals surface area contributed by atoms with Crippen molar-refractivity contribution in [2.75, 3.05) is 25.1 Å². The molecule has 0 bridgehead atoms. The van der Waals surface area contributed by atoms with Crippen LogP contribution in [0, 0.1) is 0 Å². The van der Waals surface area contributed by atoms with Crippen molar-refractivity contribution in [3.63, 3.8) is 0 Å². The molecule has 2 atom stereocenters. The summed E-state index contributed by atoms with van der Waals surface area (Å²) in [4.78, 5) is 8.03. The number of ether oxygens (including phenoxy) is 1. The van der Waals surface area contributed by atoms with Crippen molar-refractivity contribution in [2.45, 2.75) is 23.1 Å². The highest BCUT2D eigenvalue weighted by molar-refractivity contribution is 7.89. The number of benzene rings is 1. The van der Waals surface area contributed by atoms with Gasteiger partial charge in [-0.2, -0.15) is 13.1 Å². The highest BCUT2D eigenvalue weighted by Crippen LogP contribution is 2.35. The fourth-order valence-electron chi connectivity index (χ4n) is 3.75. The molecule has 1 aliphatic heterocycles. The van der Waals surface area contributed by atoms with Crippen molar-refractivity contribution in [2.24, 2.45) is 7.05 Å². The molecule has 1 fully saturated rings. The molecule has 1 saturated heterocycles. The van der Waals surface area contributed by atoms with E-state index >= 15 is 0 Å². The molecule has 12 heteroatoms. The second-order valence-corrected chi connectivity index (χ2v) is 9.58. The zero-order valence-corrected chi connectivity index (χ0v) is 18.4. The molecule has 0 aliphatic carbocycles. The molecule has 8 nitrogen and oxygen atoms in total. The number of halogens is 3. The van der Waals surface area contributed by atoms with Crippen molar-refractivity contribution in [1.82, 2.24) is 18.8 Å². The van der Waals surface area contributed by atoms with Gasteiger partial charge in [-0.1, -0.05) is 30.3 Å². The number of pyridine rings is 1. The van der Waals surface area contributed by atoms with E-state index in [-0.39, 0.29) is 35.6 Å². The summed E-state index contributed by atoms with van der Waals surface area (Å²) in [5.74, 6) is -0.687. The summed E-state index contributed by atoms with van der Waals surface area (Å²) in [6.07, 6.45) is 0.174. The van der Waals surface area contributed by atoms with Gasteiger partial charge < -0.3 is 14.6 Å². The van der Waals surface area contributed by atoms with Gasteiger partial charge in [-0.05, 0) is 17.7 Å². The number of sulfonamides is 1. The van der Waals surface area contributed by atoms with E-state index in [1.54, 1.807) is 7.05 Å². The summed E-state index contributed by atoms with van der Waals surface area (Å²) in [7, 11) is -2.22. The lowest BCUT2D eigenvalue weighted by molar-refractivity contribution is -0.186. The number of anilines is 1. The van der Waals surface area contributed by atoms with E-state index in [9.17, 15) is 21.6 Å². The summed E-state index contributed by atoms with van der Waals surface area (Å²) in [6.45, 7) is -1.81. The summed E-state index contributed by atoms with van der Waals surface area (Å²) in [5, 5.41) is 2.96. The molecule has 0 amide bonds.